The van der Waals surface area contributed by atoms with Crippen LogP contribution in [-0.2, 0) is 4.79 Å². The van der Waals surface area contributed by atoms with Crippen LogP contribution < -0.4 is 11.1 Å². The second-order valence-corrected chi connectivity index (χ2v) is 6.49. The fraction of sp³-hybridized carbons (Fsp3) is 0.333. The van der Waals surface area contributed by atoms with Crippen molar-refractivity contribution in [3.05, 3.63) is 29.0 Å². The molecule has 2 atom stereocenters. The topological polar surface area (TPSA) is 98.2 Å². The van der Waals surface area contributed by atoms with Gasteiger partial charge in [-0.3, -0.25) is 4.79 Å². The van der Waals surface area contributed by atoms with Crippen LogP contribution in [0.3, 0.4) is 0 Å². The van der Waals surface area contributed by atoms with Crippen molar-refractivity contribution in [1.29, 1.82) is 0 Å². The number of carbonyl (C=O) groups is 1. The molecular formula is C15H16N6OS. The van der Waals surface area contributed by atoms with E-state index in [2.05, 4.69) is 20.6 Å². The summed E-state index contributed by atoms with van der Waals surface area (Å²) in [6.45, 7) is 0. The summed E-state index contributed by atoms with van der Waals surface area (Å²) >= 11 is 1.60. The molecule has 1 aliphatic carbocycles. The zero-order chi connectivity index (χ0) is 15.8. The van der Waals surface area contributed by atoms with Gasteiger partial charge in [-0.05, 0) is 36.4 Å². The highest BCUT2D eigenvalue weighted by atomic mass is 32.1. The van der Waals surface area contributed by atoms with Crippen LogP contribution in [0.15, 0.2) is 29.0 Å². The Kier molecular flexibility index (Phi) is 3.45. The number of primary amides is 1. The molecule has 118 valence electrons. The Morgan fingerprint density at radius 1 is 1.30 bits per heavy atom. The molecule has 3 aromatic rings. The lowest BCUT2D eigenvalue weighted by atomic mass is 10.0. The lowest BCUT2D eigenvalue weighted by Crippen LogP contribution is -2.34. The molecular weight excluding hydrogens is 312 g/mol. The van der Waals surface area contributed by atoms with Crippen molar-refractivity contribution < 1.29 is 4.79 Å². The third kappa shape index (κ3) is 2.55. The molecule has 0 saturated heterocycles. The molecule has 3 heterocycles. The summed E-state index contributed by atoms with van der Waals surface area (Å²) < 4.78 is 1.72. The van der Waals surface area contributed by atoms with Gasteiger partial charge >= 0.3 is 0 Å². The van der Waals surface area contributed by atoms with Gasteiger partial charge in [0.2, 0.25) is 5.91 Å². The van der Waals surface area contributed by atoms with Crippen LogP contribution in [0.25, 0.3) is 17.0 Å². The van der Waals surface area contributed by atoms with Gasteiger partial charge in [-0.15, -0.1) is 15.3 Å². The lowest BCUT2D eigenvalue weighted by Gasteiger charge is -2.18. The molecule has 0 aromatic carbocycles. The van der Waals surface area contributed by atoms with Crippen LogP contribution in [0.4, 0.5) is 5.82 Å². The summed E-state index contributed by atoms with van der Waals surface area (Å²) in [7, 11) is 0. The fourth-order valence-corrected chi connectivity index (χ4v) is 3.74. The van der Waals surface area contributed by atoms with E-state index in [1.54, 1.807) is 15.9 Å². The van der Waals surface area contributed by atoms with Gasteiger partial charge < -0.3 is 11.1 Å². The van der Waals surface area contributed by atoms with Crippen LogP contribution >= 0.6 is 11.3 Å². The van der Waals surface area contributed by atoms with Crippen LogP contribution in [0, 0.1) is 5.92 Å². The number of thiophene rings is 1. The zero-order valence-electron chi connectivity index (χ0n) is 12.3. The molecule has 8 heteroatoms. The Bertz CT molecular complexity index is 843. The standard InChI is InChI=1S/C15H16N6OS/c16-14(22)10-2-1-3-11(10)17-12-4-5-13-18-19-15(21(13)20-12)9-6-7-23-8-9/h4-8,10-11H,1-3H2,(H2,16,22)(H,17,20). The summed E-state index contributed by atoms with van der Waals surface area (Å²) in [6.07, 6.45) is 2.76. The summed E-state index contributed by atoms with van der Waals surface area (Å²) in [5.74, 6) is 1.03. The van der Waals surface area contributed by atoms with Gasteiger partial charge in [-0.2, -0.15) is 15.9 Å². The number of anilines is 1. The number of fused-ring (bicyclic) bond motifs is 1. The van der Waals surface area contributed by atoms with Crippen molar-refractivity contribution in [2.24, 2.45) is 11.7 Å². The van der Waals surface area contributed by atoms with E-state index in [1.807, 2.05) is 29.0 Å². The van der Waals surface area contributed by atoms with Crippen molar-refractivity contribution in [1.82, 2.24) is 19.8 Å². The van der Waals surface area contributed by atoms with E-state index in [4.69, 9.17) is 5.73 Å². The number of nitrogens with zero attached hydrogens (tertiary/aromatic N) is 4. The van der Waals surface area contributed by atoms with Crippen molar-refractivity contribution in [2.45, 2.75) is 25.3 Å². The number of nitrogens with one attached hydrogen (secondary N) is 1. The molecule has 1 amide bonds. The van der Waals surface area contributed by atoms with E-state index in [-0.39, 0.29) is 17.9 Å². The van der Waals surface area contributed by atoms with Gasteiger partial charge in [0.25, 0.3) is 0 Å². The first-order chi connectivity index (χ1) is 11.2. The highest BCUT2D eigenvalue weighted by Crippen LogP contribution is 2.28. The maximum Gasteiger partial charge on any atom is 0.222 e. The number of amides is 1. The molecule has 1 fully saturated rings. The van der Waals surface area contributed by atoms with E-state index < -0.39 is 0 Å². The van der Waals surface area contributed by atoms with Gasteiger partial charge in [0.05, 0.1) is 5.92 Å². The van der Waals surface area contributed by atoms with Crippen molar-refractivity contribution in [3.63, 3.8) is 0 Å². The molecule has 0 spiro atoms. The molecule has 0 radical (unpaired) electrons. The van der Waals surface area contributed by atoms with Crippen molar-refractivity contribution in [3.8, 4) is 11.4 Å². The van der Waals surface area contributed by atoms with Crippen LogP contribution in [0.1, 0.15) is 19.3 Å². The Morgan fingerprint density at radius 3 is 3.00 bits per heavy atom. The van der Waals surface area contributed by atoms with Gasteiger partial charge in [0.1, 0.15) is 5.82 Å². The average molecular weight is 328 g/mol. The highest BCUT2D eigenvalue weighted by Gasteiger charge is 2.31. The van der Waals surface area contributed by atoms with Crippen LogP contribution in [-0.4, -0.2) is 31.8 Å². The third-order valence-electron chi connectivity index (χ3n) is 4.26. The van der Waals surface area contributed by atoms with E-state index in [0.29, 0.717) is 17.3 Å². The first-order valence-electron chi connectivity index (χ1n) is 7.53. The Labute approximate surface area is 136 Å². The Hall–Kier alpha value is -2.48. The largest absolute Gasteiger partial charge is 0.369 e. The summed E-state index contributed by atoms with van der Waals surface area (Å²) in [6, 6.07) is 5.76. The Morgan fingerprint density at radius 2 is 2.22 bits per heavy atom. The molecule has 3 aromatic heterocycles. The van der Waals surface area contributed by atoms with Crippen LogP contribution in [0.2, 0.25) is 0 Å². The number of rotatable bonds is 4. The molecule has 23 heavy (non-hydrogen) atoms. The maximum atomic E-state index is 11.5. The highest BCUT2D eigenvalue weighted by molar-refractivity contribution is 7.08. The minimum absolute atomic E-state index is 0.0403. The van der Waals surface area contributed by atoms with Gasteiger partial charge in [-0.1, -0.05) is 6.42 Å². The quantitative estimate of drug-likeness (QED) is 0.762. The summed E-state index contributed by atoms with van der Waals surface area (Å²) in [5, 5.41) is 20.3. The minimum Gasteiger partial charge on any atom is -0.369 e. The normalized spacial score (nSPS) is 20.9. The molecule has 1 aliphatic rings. The van der Waals surface area contributed by atoms with E-state index in [9.17, 15) is 4.79 Å². The summed E-state index contributed by atoms with van der Waals surface area (Å²) in [4.78, 5) is 11.5. The van der Waals surface area contributed by atoms with Gasteiger partial charge in [-0.25, -0.2) is 0 Å². The minimum atomic E-state index is -0.246. The predicted octanol–water partition coefficient (Wildman–Crippen LogP) is 1.92. The SMILES string of the molecule is NC(=O)C1CCCC1Nc1ccc2nnc(-c3ccsc3)n2n1. The Balaban J connectivity index is 1.66. The second-order valence-electron chi connectivity index (χ2n) is 5.71. The zero-order valence-corrected chi connectivity index (χ0v) is 13.2. The molecule has 7 nitrogen and oxygen atoms in total. The second kappa shape index (κ2) is 5.62. The monoisotopic (exact) mass is 328 g/mol. The van der Waals surface area contributed by atoms with Crippen molar-refractivity contribution in [2.75, 3.05) is 5.32 Å². The molecule has 0 bridgehead atoms. The fourth-order valence-electron chi connectivity index (χ4n) is 3.10. The molecule has 2 unspecified atom stereocenters. The first-order valence-corrected chi connectivity index (χ1v) is 8.47. The van der Waals surface area contributed by atoms with E-state index >= 15 is 0 Å². The number of hydrogen-bond acceptors (Lipinski definition) is 6. The van der Waals surface area contributed by atoms with E-state index in [0.717, 1.165) is 24.8 Å². The maximum absolute atomic E-state index is 11.5. The van der Waals surface area contributed by atoms with Gasteiger partial charge in [0.15, 0.2) is 11.5 Å². The number of aromatic nitrogens is 4. The third-order valence-corrected chi connectivity index (χ3v) is 4.94. The number of nitrogens with two attached hydrogens (primary N) is 1. The van der Waals surface area contributed by atoms with E-state index in [1.165, 1.54) is 0 Å². The number of carbonyl (C=O) groups excluding carboxylic acids is 1. The van der Waals surface area contributed by atoms with Crippen molar-refractivity contribution >= 4 is 28.7 Å². The summed E-state index contributed by atoms with van der Waals surface area (Å²) in [5.41, 5.74) is 7.16. The smallest absolute Gasteiger partial charge is 0.222 e. The lowest BCUT2D eigenvalue weighted by molar-refractivity contribution is -0.121. The first kappa shape index (κ1) is 14.1. The molecule has 4 rings (SSSR count). The van der Waals surface area contributed by atoms with Gasteiger partial charge in [0, 0.05) is 17.0 Å². The average Bonchev–Trinajstić information content (AvgIpc) is 3.26. The number of hydrogen-bond donors (Lipinski definition) is 2. The predicted molar refractivity (Wildman–Crippen MR) is 88.0 cm³/mol. The van der Waals surface area contributed by atoms with Crippen LogP contribution in [0.5, 0.6) is 0 Å². The molecule has 0 aliphatic heterocycles. The molecule has 3 N–H and O–H groups in total. The molecule has 1 saturated carbocycles.